The highest BCUT2D eigenvalue weighted by Crippen LogP contribution is 2.24. The molecule has 0 aromatic carbocycles. The van der Waals surface area contributed by atoms with E-state index in [-0.39, 0.29) is 0 Å². The van der Waals surface area contributed by atoms with E-state index < -0.39 is 0 Å². The van der Waals surface area contributed by atoms with E-state index in [2.05, 4.69) is 31.1 Å². The lowest BCUT2D eigenvalue weighted by Gasteiger charge is -2.25. The van der Waals surface area contributed by atoms with Crippen LogP contribution < -0.4 is 5.32 Å². The number of aliphatic imine (C=N–C) groups is 1. The highest BCUT2D eigenvalue weighted by molar-refractivity contribution is 8.14. The predicted molar refractivity (Wildman–Crippen MR) is 67.7 cm³/mol. The van der Waals surface area contributed by atoms with Crippen LogP contribution in [0.25, 0.3) is 0 Å². The fourth-order valence-electron chi connectivity index (χ4n) is 1.65. The summed E-state index contributed by atoms with van der Waals surface area (Å²) < 4.78 is 5.06. The van der Waals surface area contributed by atoms with Crippen LogP contribution in [0.2, 0.25) is 0 Å². The molecule has 4 heteroatoms. The van der Waals surface area contributed by atoms with Gasteiger partial charge in [-0.25, -0.2) is 0 Å². The van der Waals surface area contributed by atoms with E-state index in [1.54, 1.807) is 7.11 Å². The Morgan fingerprint density at radius 1 is 1.60 bits per heavy atom. The van der Waals surface area contributed by atoms with Crippen molar-refractivity contribution >= 4 is 16.9 Å². The molecule has 1 aliphatic heterocycles. The van der Waals surface area contributed by atoms with Gasteiger partial charge < -0.3 is 10.1 Å². The summed E-state index contributed by atoms with van der Waals surface area (Å²) in [4.78, 5) is 4.61. The fraction of sp³-hybridized carbons (Fsp3) is 0.909. The van der Waals surface area contributed by atoms with Crippen molar-refractivity contribution in [3.8, 4) is 0 Å². The maximum Gasteiger partial charge on any atom is 0.157 e. The number of nitrogens with zero attached hydrogens (tertiary/aromatic N) is 1. The molecule has 0 radical (unpaired) electrons. The Labute approximate surface area is 97.1 Å². The first-order chi connectivity index (χ1) is 7.11. The summed E-state index contributed by atoms with van der Waals surface area (Å²) in [7, 11) is 1.74. The van der Waals surface area contributed by atoms with Crippen LogP contribution in [0.4, 0.5) is 0 Å². The highest BCUT2D eigenvalue weighted by Gasteiger charge is 2.19. The summed E-state index contributed by atoms with van der Waals surface area (Å²) >= 11 is 1.85. The van der Waals surface area contributed by atoms with Gasteiger partial charge in [-0.3, -0.25) is 4.99 Å². The van der Waals surface area contributed by atoms with Gasteiger partial charge in [-0.2, -0.15) is 0 Å². The quantitative estimate of drug-likeness (QED) is 0.804. The van der Waals surface area contributed by atoms with Gasteiger partial charge >= 0.3 is 0 Å². The van der Waals surface area contributed by atoms with E-state index in [4.69, 9.17) is 4.74 Å². The minimum absolute atomic E-state index is 0.439. The molecule has 0 saturated carbocycles. The SMILES string of the molecule is COCCC(C)NC1=NC(C)CC(C)S1. The van der Waals surface area contributed by atoms with Gasteiger partial charge in [0, 0.05) is 25.0 Å². The Kier molecular flexibility index (Phi) is 5.47. The van der Waals surface area contributed by atoms with Crippen LogP contribution in [-0.2, 0) is 4.74 Å². The summed E-state index contributed by atoms with van der Waals surface area (Å²) in [6, 6.07) is 0.895. The number of hydrogen-bond acceptors (Lipinski definition) is 4. The monoisotopic (exact) mass is 230 g/mol. The summed E-state index contributed by atoms with van der Waals surface area (Å²) in [6.45, 7) is 7.42. The number of methoxy groups -OCH3 is 1. The number of nitrogens with one attached hydrogen (secondary N) is 1. The molecule has 0 spiro atoms. The third kappa shape index (κ3) is 4.89. The second-order valence-electron chi connectivity index (χ2n) is 4.27. The lowest BCUT2D eigenvalue weighted by molar-refractivity contribution is 0.187. The average Bonchev–Trinajstić information content (AvgIpc) is 2.13. The molecular weight excluding hydrogens is 208 g/mol. The second kappa shape index (κ2) is 6.38. The molecule has 0 bridgehead atoms. The number of thioether (sulfide) groups is 1. The average molecular weight is 230 g/mol. The standard InChI is InChI=1S/C11H22N2OS/c1-8(5-6-14-4)12-11-13-9(2)7-10(3)15-11/h8-10H,5-7H2,1-4H3,(H,12,13). The first-order valence-corrected chi connectivity index (χ1v) is 6.49. The molecule has 0 saturated heterocycles. The zero-order valence-electron chi connectivity index (χ0n) is 10.1. The first kappa shape index (κ1) is 12.8. The van der Waals surface area contributed by atoms with Crippen LogP contribution in [-0.4, -0.2) is 36.2 Å². The van der Waals surface area contributed by atoms with Gasteiger partial charge in [0.1, 0.15) is 0 Å². The van der Waals surface area contributed by atoms with E-state index in [1.165, 1.54) is 6.42 Å². The van der Waals surface area contributed by atoms with Crippen LogP contribution in [0.1, 0.15) is 33.6 Å². The molecule has 0 aromatic rings. The first-order valence-electron chi connectivity index (χ1n) is 5.61. The number of amidine groups is 1. The fourth-order valence-corrected chi connectivity index (χ4v) is 2.92. The maximum absolute atomic E-state index is 5.06. The van der Waals surface area contributed by atoms with Gasteiger partial charge in [0.15, 0.2) is 5.17 Å². The highest BCUT2D eigenvalue weighted by atomic mass is 32.2. The van der Waals surface area contributed by atoms with Crippen molar-refractivity contribution in [3.05, 3.63) is 0 Å². The van der Waals surface area contributed by atoms with E-state index >= 15 is 0 Å². The molecule has 88 valence electrons. The van der Waals surface area contributed by atoms with E-state index in [9.17, 15) is 0 Å². The Balaban J connectivity index is 2.36. The van der Waals surface area contributed by atoms with Gasteiger partial charge in [0.05, 0.1) is 6.04 Å². The molecule has 1 rings (SSSR count). The summed E-state index contributed by atoms with van der Waals surface area (Å²) in [6.07, 6.45) is 2.21. The minimum atomic E-state index is 0.439. The van der Waals surface area contributed by atoms with Crippen molar-refractivity contribution in [1.29, 1.82) is 0 Å². The Bertz CT molecular complexity index is 221. The lowest BCUT2D eigenvalue weighted by Crippen LogP contribution is -2.35. The zero-order chi connectivity index (χ0) is 11.3. The van der Waals surface area contributed by atoms with Crippen molar-refractivity contribution in [2.24, 2.45) is 4.99 Å². The molecule has 0 aromatic heterocycles. The van der Waals surface area contributed by atoms with Crippen LogP contribution in [0.3, 0.4) is 0 Å². The predicted octanol–water partition coefficient (Wildman–Crippen LogP) is 2.27. The topological polar surface area (TPSA) is 33.6 Å². The van der Waals surface area contributed by atoms with Crippen molar-refractivity contribution < 1.29 is 4.74 Å². The third-order valence-corrected chi connectivity index (χ3v) is 3.49. The molecule has 3 unspecified atom stereocenters. The molecule has 15 heavy (non-hydrogen) atoms. The molecule has 3 atom stereocenters. The smallest absolute Gasteiger partial charge is 0.157 e. The normalized spacial score (nSPS) is 28.4. The van der Waals surface area contributed by atoms with Crippen molar-refractivity contribution in [2.75, 3.05) is 13.7 Å². The molecular formula is C11H22N2OS. The number of hydrogen-bond donors (Lipinski definition) is 1. The van der Waals surface area contributed by atoms with Crippen LogP contribution in [0.15, 0.2) is 4.99 Å². The minimum Gasteiger partial charge on any atom is -0.385 e. The van der Waals surface area contributed by atoms with E-state index in [0.717, 1.165) is 18.2 Å². The van der Waals surface area contributed by atoms with Gasteiger partial charge in [0.25, 0.3) is 0 Å². The largest absolute Gasteiger partial charge is 0.385 e. The van der Waals surface area contributed by atoms with Crippen LogP contribution >= 0.6 is 11.8 Å². The van der Waals surface area contributed by atoms with Gasteiger partial charge in [0.2, 0.25) is 0 Å². The Hall–Kier alpha value is -0.220. The molecule has 1 aliphatic rings. The summed E-state index contributed by atoms with van der Waals surface area (Å²) in [5, 5.41) is 5.22. The number of ether oxygens (including phenoxy) is 1. The van der Waals surface area contributed by atoms with Gasteiger partial charge in [-0.1, -0.05) is 18.7 Å². The molecule has 3 nitrogen and oxygen atoms in total. The third-order valence-electron chi connectivity index (χ3n) is 2.45. The molecule has 1 N–H and O–H groups in total. The van der Waals surface area contributed by atoms with Gasteiger partial charge in [-0.15, -0.1) is 0 Å². The van der Waals surface area contributed by atoms with Gasteiger partial charge in [-0.05, 0) is 26.7 Å². The Morgan fingerprint density at radius 3 is 2.93 bits per heavy atom. The van der Waals surface area contributed by atoms with E-state index in [0.29, 0.717) is 17.3 Å². The molecule has 0 amide bonds. The van der Waals surface area contributed by atoms with Crippen LogP contribution in [0, 0.1) is 0 Å². The summed E-state index contributed by atoms with van der Waals surface area (Å²) in [5.74, 6) is 0. The maximum atomic E-state index is 5.06. The van der Waals surface area contributed by atoms with Crippen molar-refractivity contribution in [1.82, 2.24) is 5.32 Å². The number of rotatable bonds is 4. The summed E-state index contributed by atoms with van der Waals surface area (Å²) in [5.41, 5.74) is 0. The lowest BCUT2D eigenvalue weighted by atomic mass is 10.2. The molecule has 0 aliphatic carbocycles. The molecule has 0 fully saturated rings. The van der Waals surface area contributed by atoms with E-state index in [1.807, 2.05) is 11.8 Å². The van der Waals surface area contributed by atoms with Crippen LogP contribution in [0.5, 0.6) is 0 Å². The second-order valence-corrected chi connectivity index (χ2v) is 5.70. The van der Waals surface area contributed by atoms with Crippen molar-refractivity contribution in [3.63, 3.8) is 0 Å². The Morgan fingerprint density at radius 2 is 2.33 bits per heavy atom. The zero-order valence-corrected chi connectivity index (χ0v) is 10.9. The van der Waals surface area contributed by atoms with Crippen molar-refractivity contribution in [2.45, 2.75) is 50.9 Å². The molecule has 1 heterocycles.